The maximum Gasteiger partial charge on any atom is 0.226 e. The van der Waals surface area contributed by atoms with Crippen LogP contribution in [0.25, 0.3) is 0 Å². The molecule has 33 heavy (non-hydrogen) atoms. The van der Waals surface area contributed by atoms with E-state index in [9.17, 15) is 4.79 Å². The number of aryl methyl sites for hydroxylation is 2. The number of anilines is 2. The molecule has 1 amide bonds. The highest BCUT2D eigenvalue weighted by Crippen LogP contribution is 2.43. The molecular formula is C26H31N5OS. The molecule has 1 aromatic carbocycles. The van der Waals surface area contributed by atoms with Crippen LogP contribution in [0.1, 0.15) is 54.1 Å². The zero-order valence-electron chi connectivity index (χ0n) is 20.0. The SMILES string of the molecule is Cc1cc(N2C(=S)NC(c3ccccn3)C2c2cc(C)n(C)c2C)ccc1NC(=O)C(C)C. The van der Waals surface area contributed by atoms with Crippen molar-refractivity contribution < 1.29 is 4.79 Å². The standard InChI is InChI=1S/C26H31N5OS/c1-15(2)25(32)28-21-11-10-19(13-16(21)3)31-24(20-14-17(4)30(6)18(20)5)23(29-26(31)33)22-9-7-8-12-27-22/h7-15,23-24H,1-6H3,(H,28,32)(H,29,33). The highest BCUT2D eigenvalue weighted by molar-refractivity contribution is 7.80. The Morgan fingerprint density at radius 1 is 1.15 bits per heavy atom. The molecule has 0 bridgehead atoms. The van der Waals surface area contributed by atoms with Gasteiger partial charge in [-0.05, 0) is 80.5 Å². The topological polar surface area (TPSA) is 62.2 Å². The Hall–Kier alpha value is -3.19. The number of amides is 1. The van der Waals surface area contributed by atoms with Gasteiger partial charge in [-0.1, -0.05) is 19.9 Å². The zero-order chi connectivity index (χ0) is 23.9. The van der Waals surface area contributed by atoms with Crippen LogP contribution in [0.5, 0.6) is 0 Å². The zero-order valence-corrected chi connectivity index (χ0v) is 20.8. The van der Waals surface area contributed by atoms with Crippen LogP contribution in [0, 0.1) is 26.7 Å². The van der Waals surface area contributed by atoms with Crippen LogP contribution >= 0.6 is 12.2 Å². The van der Waals surface area contributed by atoms with Gasteiger partial charge in [0.1, 0.15) is 0 Å². The number of carbonyl (C=O) groups is 1. The molecule has 3 heterocycles. The van der Waals surface area contributed by atoms with Crippen molar-refractivity contribution in [3.05, 3.63) is 76.9 Å². The van der Waals surface area contributed by atoms with Crippen molar-refractivity contribution in [3.63, 3.8) is 0 Å². The first-order valence-corrected chi connectivity index (χ1v) is 11.6. The molecule has 1 saturated heterocycles. The molecule has 0 saturated carbocycles. The predicted octanol–water partition coefficient (Wildman–Crippen LogP) is 5.12. The lowest BCUT2D eigenvalue weighted by Crippen LogP contribution is -2.29. The summed E-state index contributed by atoms with van der Waals surface area (Å²) in [6.45, 7) is 10.1. The summed E-state index contributed by atoms with van der Waals surface area (Å²) in [6.07, 6.45) is 1.82. The fraction of sp³-hybridized carbons (Fsp3) is 0.346. The summed E-state index contributed by atoms with van der Waals surface area (Å²) in [7, 11) is 2.09. The smallest absolute Gasteiger partial charge is 0.226 e. The lowest BCUT2D eigenvalue weighted by molar-refractivity contribution is -0.118. The number of carbonyl (C=O) groups excluding carboxylic acids is 1. The predicted molar refractivity (Wildman–Crippen MR) is 137 cm³/mol. The maximum atomic E-state index is 12.2. The van der Waals surface area contributed by atoms with Gasteiger partial charge in [0.15, 0.2) is 5.11 Å². The van der Waals surface area contributed by atoms with Crippen LogP contribution < -0.4 is 15.5 Å². The van der Waals surface area contributed by atoms with Crippen LogP contribution in [0.4, 0.5) is 11.4 Å². The molecule has 6 nitrogen and oxygen atoms in total. The number of rotatable bonds is 5. The maximum absolute atomic E-state index is 12.2. The van der Waals surface area contributed by atoms with Gasteiger partial charge in [-0.25, -0.2) is 0 Å². The van der Waals surface area contributed by atoms with Crippen LogP contribution in [-0.2, 0) is 11.8 Å². The third-order valence-corrected chi connectivity index (χ3v) is 6.82. The van der Waals surface area contributed by atoms with Crippen molar-refractivity contribution in [2.45, 2.75) is 46.7 Å². The quantitative estimate of drug-likeness (QED) is 0.517. The Labute approximate surface area is 201 Å². The number of pyridine rings is 1. The first-order valence-electron chi connectivity index (χ1n) is 11.2. The van der Waals surface area contributed by atoms with Gasteiger partial charge < -0.3 is 20.1 Å². The number of hydrogen-bond donors (Lipinski definition) is 2. The molecule has 2 atom stereocenters. The second-order valence-electron chi connectivity index (χ2n) is 9.03. The summed E-state index contributed by atoms with van der Waals surface area (Å²) in [6, 6.07) is 14.1. The third kappa shape index (κ3) is 4.25. The lowest BCUT2D eigenvalue weighted by atomic mass is 9.96. The molecule has 1 aliphatic rings. The van der Waals surface area contributed by atoms with Gasteiger partial charge >= 0.3 is 0 Å². The highest BCUT2D eigenvalue weighted by Gasteiger charge is 2.42. The van der Waals surface area contributed by atoms with E-state index in [2.05, 4.69) is 58.1 Å². The first-order chi connectivity index (χ1) is 15.7. The number of benzene rings is 1. The molecule has 2 N–H and O–H groups in total. The Bertz CT molecular complexity index is 1200. The summed E-state index contributed by atoms with van der Waals surface area (Å²) in [5.74, 6) is -0.0695. The minimum Gasteiger partial charge on any atom is -0.352 e. The van der Waals surface area contributed by atoms with Gasteiger partial charge in [0.25, 0.3) is 0 Å². The molecule has 172 valence electrons. The molecule has 0 spiro atoms. The van der Waals surface area contributed by atoms with E-state index >= 15 is 0 Å². The molecule has 4 rings (SSSR count). The first kappa shape index (κ1) is 23.0. The minimum atomic E-state index is -0.0835. The van der Waals surface area contributed by atoms with Crippen molar-refractivity contribution in [1.29, 1.82) is 0 Å². The molecular weight excluding hydrogens is 430 g/mol. The van der Waals surface area contributed by atoms with E-state index in [1.54, 1.807) is 0 Å². The average Bonchev–Trinajstić information content (AvgIpc) is 3.26. The molecule has 1 fully saturated rings. The van der Waals surface area contributed by atoms with Gasteiger partial charge in [0, 0.05) is 41.9 Å². The van der Waals surface area contributed by atoms with Gasteiger partial charge in [-0.2, -0.15) is 0 Å². The fourth-order valence-corrected chi connectivity index (χ4v) is 4.69. The van der Waals surface area contributed by atoms with E-state index in [0.29, 0.717) is 5.11 Å². The van der Waals surface area contributed by atoms with Gasteiger partial charge in [-0.15, -0.1) is 0 Å². The number of aromatic nitrogens is 2. The van der Waals surface area contributed by atoms with Gasteiger partial charge in [0.2, 0.25) is 5.91 Å². The summed E-state index contributed by atoms with van der Waals surface area (Å²) in [4.78, 5) is 19.0. The van der Waals surface area contributed by atoms with Gasteiger partial charge in [-0.3, -0.25) is 9.78 Å². The molecule has 2 aromatic heterocycles. The van der Waals surface area contributed by atoms with E-state index in [0.717, 1.165) is 22.6 Å². The van der Waals surface area contributed by atoms with Crippen LogP contribution in [-0.4, -0.2) is 20.6 Å². The molecule has 7 heteroatoms. The largest absolute Gasteiger partial charge is 0.352 e. The van der Waals surface area contributed by atoms with Crippen molar-refractivity contribution in [3.8, 4) is 0 Å². The lowest BCUT2D eigenvalue weighted by Gasteiger charge is -2.28. The summed E-state index contributed by atoms with van der Waals surface area (Å²) < 4.78 is 2.21. The minimum absolute atomic E-state index is 0.00712. The normalized spacial score (nSPS) is 18.0. The Morgan fingerprint density at radius 3 is 2.48 bits per heavy atom. The van der Waals surface area contributed by atoms with Crippen molar-refractivity contribution in [1.82, 2.24) is 14.9 Å². The number of nitrogens with one attached hydrogen (secondary N) is 2. The highest BCUT2D eigenvalue weighted by atomic mass is 32.1. The Kier molecular flexibility index (Phi) is 6.26. The van der Waals surface area contributed by atoms with E-state index in [-0.39, 0.29) is 23.9 Å². The monoisotopic (exact) mass is 461 g/mol. The molecule has 1 aliphatic heterocycles. The second-order valence-corrected chi connectivity index (χ2v) is 9.41. The van der Waals surface area contributed by atoms with Crippen molar-refractivity contribution in [2.24, 2.45) is 13.0 Å². The average molecular weight is 462 g/mol. The fourth-order valence-electron chi connectivity index (χ4n) is 4.35. The molecule has 3 aromatic rings. The number of hydrogen-bond acceptors (Lipinski definition) is 3. The number of thiocarbonyl (C=S) groups is 1. The summed E-state index contributed by atoms with van der Waals surface area (Å²) in [5, 5.41) is 7.20. The second kappa shape index (κ2) is 8.98. The Morgan fingerprint density at radius 2 is 1.91 bits per heavy atom. The van der Waals surface area contributed by atoms with Gasteiger partial charge in [0.05, 0.1) is 17.8 Å². The van der Waals surface area contributed by atoms with E-state index in [1.807, 2.05) is 57.3 Å². The van der Waals surface area contributed by atoms with E-state index < -0.39 is 0 Å². The van der Waals surface area contributed by atoms with Crippen LogP contribution in [0.15, 0.2) is 48.7 Å². The van der Waals surface area contributed by atoms with E-state index in [1.165, 1.54) is 17.0 Å². The molecule has 0 aliphatic carbocycles. The Balaban J connectivity index is 1.79. The molecule has 2 unspecified atom stereocenters. The van der Waals surface area contributed by atoms with E-state index in [4.69, 9.17) is 12.2 Å². The number of nitrogens with zero attached hydrogens (tertiary/aromatic N) is 3. The summed E-state index contributed by atoms with van der Waals surface area (Å²) >= 11 is 5.85. The molecule has 0 radical (unpaired) electrons. The third-order valence-electron chi connectivity index (χ3n) is 6.50. The van der Waals surface area contributed by atoms with Crippen LogP contribution in [0.2, 0.25) is 0 Å². The van der Waals surface area contributed by atoms with Crippen molar-refractivity contribution >= 4 is 34.6 Å². The van der Waals surface area contributed by atoms with Crippen LogP contribution in [0.3, 0.4) is 0 Å². The summed E-state index contributed by atoms with van der Waals surface area (Å²) in [5.41, 5.74) is 7.36. The van der Waals surface area contributed by atoms with Crippen molar-refractivity contribution in [2.75, 3.05) is 10.2 Å².